The molecule has 0 bridgehead atoms. The molecule has 0 rings (SSSR count). The standard InChI is InChI=1S/C8H18N2O/c1-3-5-11-7(4-2)6-8(9)10/h7H,3-6H2,1-2H3,(H3,9,10). The molecule has 0 saturated heterocycles. The van der Waals surface area contributed by atoms with Gasteiger partial charge in [-0.1, -0.05) is 13.8 Å². The van der Waals surface area contributed by atoms with Crippen molar-refractivity contribution >= 4 is 5.84 Å². The Labute approximate surface area is 68.4 Å². The van der Waals surface area contributed by atoms with Crippen molar-refractivity contribution in [1.82, 2.24) is 0 Å². The van der Waals surface area contributed by atoms with E-state index in [-0.39, 0.29) is 11.9 Å². The molecule has 0 amide bonds. The van der Waals surface area contributed by atoms with Gasteiger partial charge in [-0.25, -0.2) is 0 Å². The van der Waals surface area contributed by atoms with Crippen LogP contribution in [-0.4, -0.2) is 18.5 Å². The summed E-state index contributed by atoms with van der Waals surface area (Å²) in [4.78, 5) is 0. The molecule has 11 heavy (non-hydrogen) atoms. The van der Waals surface area contributed by atoms with Crippen LogP contribution in [0.15, 0.2) is 0 Å². The lowest BCUT2D eigenvalue weighted by Gasteiger charge is -2.13. The Kier molecular flexibility index (Phi) is 5.84. The van der Waals surface area contributed by atoms with Crippen LogP contribution >= 0.6 is 0 Å². The Bertz CT molecular complexity index is 115. The maximum atomic E-state index is 7.06. The molecule has 0 aromatic carbocycles. The fourth-order valence-corrected chi connectivity index (χ4v) is 0.851. The maximum Gasteiger partial charge on any atom is 0.0931 e. The first-order chi connectivity index (χ1) is 5.20. The van der Waals surface area contributed by atoms with Gasteiger partial charge in [0.15, 0.2) is 0 Å². The topological polar surface area (TPSA) is 59.1 Å². The summed E-state index contributed by atoms with van der Waals surface area (Å²) in [6.07, 6.45) is 2.66. The molecule has 66 valence electrons. The predicted molar refractivity (Wildman–Crippen MR) is 46.9 cm³/mol. The Morgan fingerprint density at radius 2 is 2.18 bits per heavy atom. The lowest BCUT2D eigenvalue weighted by Crippen LogP contribution is -2.21. The van der Waals surface area contributed by atoms with E-state index in [2.05, 4.69) is 6.92 Å². The number of hydrogen-bond acceptors (Lipinski definition) is 2. The summed E-state index contributed by atoms with van der Waals surface area (Å²) in [5.41, 5.74) is 5.24. The predicted octanol–water partition coefficient (Wildman–Crippen LogP) is 1.52. The van der Waals surface area contributed by atoms with E-state index in [0.717, 1.165) is 19.4 Å². The molecule has 0 radical (unpaired) electrons. The van der Waals surface area contributed by atoms with Crippen LogP contribution in [0.4, 0.5) is 0 Å². The third-order valence-corrected chi connectivity index (χ3v) is 1.46. The highest BCUT2D eigenvalue weighted by Gasteiger charge is 2.06. The Morgan fingerprint density at radius 3 is 2.55 bits per heavy atom. The van der Waals surface area contributed by atoms with Crippen LogP contribution in [0, 0.1) is 5.41 Å². The first-order valence-electron chi connectivity index (χ1n) is 4.15. The van der Waals surface area contributed by atoms with Crippen LogP contribution in [0.25, 0.3) is 0 Å². The van der Waals surface area contributed by atoms with Crippen LogP contribution < -0.4 is 5.73 Å². The number of hydrogen-bond donors (Lipinski definition) is 2. The quantitative estimate of drug-likeness (QED) is 0.455. The van der Waals surface area contributed by atoms with Crippen LogP contribution in [0.3, 0.4) is 0 Å². The molecule has 0 fully saturated rings. The second-order valence-corrected chi connectivity index (χ2v) is 2.63. The van der Waals surface area contributed by atoms with Gasteiger partial charge in [0, 0.05) is 13.0 Å². The molecule has 0 aliphatic heterocycles. The van der Waals surface area contributed by atoms with E-state index in [9.17, 15) is 0 Å². The minimum Gasteiger partial charge on any atom is -0.388 e. The van der Waals surface area contributed by atoms with E-state index in [1.54, 1.807) is 0 Å². The van der Waals surface area contributed by atoms with Crippen molar-refractivity contribution in [2.45, 2.75) is 39.2 Å². The minimum absolute atomic E-state index is 0.146. The van der Waals surface area contributed by atoms with Gasteiger partial charge in [0.1, 0.15) is 0 Å². The lowest BCUT2D eigenvalue weighted by atomic mass is 10.2. The molecule has 0 heterocycles. The van der Waals surface area contributed by atoms with E-state index in [4.69, 9.17) is 15.9 Å². The number of nitrogens with two attached hydrogens (primary N) is 1. The zero-order valence-electron chi connectivity index (χ0n) is 7.39. The average molecular weight is 158 g/mol. The van der Waals surface area contributed by atoms with E-state index in [0.29, 0.717) is 6.42 Å². The molecule has 0 saturated carbocycles. The van der Waals surface area contributed by atoms with Crippen molar-refractivity contribution in [2.24, 2.45) is 5.73 Å². The molecule has 3 N–H and O–H groups in total. The molecule has 1 unspecified atom stereocenters. The van der Waals surface area contributed by atoms with Crippen molar-refractivity contribution in [3.05, 3.63) is 0 Å². The number of amidine groups is 1. The third kappa shape index (κ3) is 5.85. The first-order valence-corrected chi connectivity index (χ1v) is 4.15. The van der Waals surface area contributed by atoms with Gasteiger partial charge in [0.05, 0.1) is 11.9 Å². The van der Waals surface area contributed by atoms with E-state index in [1.165, 1.54) is 0 Å². The van der Waals surface area contributed by atoms with Gasteiger partial charge in [-0.15, -0.1) is 0 Å². The van der Waals surface area contributed by atoms with Gasteiger partial charge in [-0.2, -0.15) is 0 Å². The molecule has 3 heteroatoms. The van der Waals surface area contributed by atoms with Crippen molar-refractivity contribution in [3.63, 3.8) is 0 Å². The van der Waals surface area contributed by atoms with Crippen molar-refractivity contribution in [1.29, 1.82) is 5.41 Å². The molecule has 0 aromatic rings. The second-order valence-electron chi connectivity index (χ2n) is 2.63. The highest BCUT2D eigenvalue weighted by atomic mass is 16.5. The first kappa shape index (κ1) is 10.4. The van der Waals surface area contributed by atoms with Crippen molar-refractivity contribution in [3.8, 4) is 0 Å². The molecule has 0 spiro atoms. The summed E-state index contributed by atoms with van der Waals surface area (Å²) < 4.78 is 5.43. The highest BCUT2D eigenvalue weighted by molar-refractivity contribution is 5.77. The smallest absolute Gasteiger partial charge is 0.0931 e. The summed E-state index contributed by atoms with van der Waals surface area (Å²) in [7, 11) is 0. The highest BCUT2D eigenvalue weighted by Crippen LogP contribution is 2.03. The molecule has 1 atom stereocenters. The molecule has 0 aliphatic rings. The van der Waals surface area contributed by atoms with Gasteiger partial charge in [-0.05, 0) is 12.8 Å². The average Bonchev–Trinajstić information content (AvgIpc) is 1.97. The Morgan fingerprint density at radius 1 is 1.55 bits per heavy atom. The molecular formula is C8H18N2O. The lowest BCUT2D eigenvalue weighted by molar-refractivity contribution is 0.0559. The summed E-state index contributed by atoms with van der Waals surface area (Å²) in [5.74, 6) is 0.216. The largest absolute Gasteiger partial charge is 0.388 e. The van der Waals surface area contributed by atoms with Crippen LogP contribution in [-0.2, 0) is 4.74 Å². The minimum atomic E-state index is 0.146. The SMILES string of the molecule is CCCOC(CC)CC(=N)N. The summed E-state index contributed by atoms with van der Waals surface area (Å²) >= 11 is 0. The van der Waals surface area contributed by atoms with Gasteiger partial charge < -0.3 is 10.5 Å². The monoisotopic (exact) mass is 158 g/mol. The molecular weight excluding hydrogens is 140 g/mol. The molecule has 3 nitrogen and oxygen atoms in total. The zero-order chi connectivity index (χ0) is 8.69. The van der Waals surface area contributed by atoms with Crippen LogP contribution in [0.5, 0.6) is 0 Å². The maximum absolute atomic E-state index is 7.06. The molecule has 0 aromatic heterocycles. The molecule has 0 aliphatic carbocycles. The van der Waals surface area contributed by atoms with E-state index in [1.807, 2.05) is 6.92 Å². The Hall–Kier alpha value is -0.570. The fourth-order valence-electron chi connectivity index (χ4n) is 0.851. The van der Waals surface area contributed by atoms with Gasteiger partial charge >= 0.3 is 0 Å². The van der Waals surface area contributed by atoms with Gasteiger partial charge in [0.2, 0.25) is 0 Å². The number of rotatable bonds is 6. The van der Waals surface area contributed by atoms with Gasteiger partial charge in [0.25, 0.3) is 0 Å². The normalized spacial score (nSPS) is 12.9. The van der Waals surface area contributed by atoms with Crippen molar-refractivity contribution < 1.29 is 4.74 Å². The Balaban J connectivity index is 3.49. The third-order valence-electron chi connectivity index (χ3n) is 1.46. The van der Waals surface area contributed by atoms with Crippen LogP contribution in [0.2, 0.25) is 0 Å². The van der Waals surface area contributed by atoms with Gasteiger partial charge in [-0.3, -0.25) is 5.41 Å². The number of nitrogens with one attached hydrogen (secondary N) is 1. The summed E-state index contributed by atoms with van der Waals surface area (Å²) in [6.45, 7) is 4.88. The van der Waals surface area contributed by atoms with E-state index < -0.39 is 0 Å². The van der Waals surface area contributed by atoms with Crippen LogP contribution in [0.1, 0.15) is 33.1 Å². The van der Waals surface area contributed by atoms with Crippen molar-refractivity contribution in [2.75, 3.05) is 6.61 Å². The number of ether oxygens (including phenoxy) is 1. The zero-order valence-corrected chi connectivity index (χ0v) is 7.39. The summed E-state index contributed by atoms with van der Waals surface area (Å²) in [6, 6.07) is 0. The fraction of sp³-hybridized carbons (Fsp3) is 0.875. The second kappa shape index (κ2) is 6.16. The van der Waals surface area contributed by atoms with E-state index >= 15 is 0 Å². The summed E-state index contributed by atoms with van der Waals surface area (Å²) in [5, 5.41) is 7.06.